The summed E-state index contributed by atoms with van der Waals surface area (Å²) in [7, 11) is 7.49. The van der Waals surface area contributed by atoms with Crippen molar-refractivity contribution in [3.63, 3.8) is 0 Å². The molecule has 15 nitrogen and oxygen atoms in total. The molecule has 15 heteroatoms. The molecule has 398 valence electrons. The third-order valence-electron chi connectivity index (χ3n) is 15.0. The second-order valence-electron chi connectivity index (χ2n) is 20.3. The maximum Gasteiger partial charge on any atom is 0.329 e. The number of hydrogen-bond acceptors (Lipinski definition) is 14. The van der Waals surface area contributed by atoms with E-state index in [0.29, 0.717) is 69.8 Å². The summed E-state index contributed by atoms with van der Waals surface area (Å²) in [6, 6.07) is -1.13. The predicted molar refractivity (Wildman–Crippen MR) is 267 cm³/mol. The van der Waals surface area contributed by atoms with E-state index in [1.54, 1.807) is 34.1 Å². The second-order valence-corrected chi connectivity index (χ2v) is 20.3. The third kappa shape index (κ3) is 17.4. The Bertz CT molecular complexity index is 1790. The Hall–Kier alpha value is -3.41. The van der Waals surface area contributed by atoms with Crippen molar-refractivity contribution in [2.45, 2.75) is 180 Å². The lowest BCUT2D eigenvalue weighted by Gasteiger charge is -2.39. The Balaban J connectivity index is 2.03. The van der Waals surface area contributed by atoms with Crippen molar-refractivity contribution in [1.29, 1.82) is 0 Å². The fourth-order valence-corrected chi connectivity index (χ4v) is 10.6. The number of hydrogen-bond donors (Lipinski definition) is 2. The number of cyclic esters (lactones) is 1. The number of Topliss-reactive ketones (excluding diaryl/α,β-unsaturated/α-hetero) is 3. The first-order valence-corrected chi connectivity index (χ1v) is 25.7. The van der Waals surface area contributed by atoms with Gasteiger partial charge in [-0.05, 0) is 107 Å². The van der Waals surface area contributed by atoms with E-state index in [-0.39, 0.29) is 86.2 Å². The maximum absolute atomic E-state index is 14.5. The minimum atomic E-state index is -2.43. The highest BCUT2D eigenvalue weighted by molar-refractivity contribution is 6.39. The standard InChI is InChI=1S/C55H89NO14/c1-35-20-14-13-15-21-36(2)45(64-8)24-17-16-22-41(7)55(63,68-12)52(60)53(61)56-27-19-18-23-43(56)54(62)70-47(38(4)32-42-25-26-46(69-29-28-57)48(33-42)65-9)34-44(58)37(3)31-40(6)50(66-10)51(67-11)49(59)39(5)30-35/h13-15,20-21,31,35,37-39,41-43,45-48,50-51,57,63H,16-19,22-30,32-34H2,1-12H3/b15-13+,20-14+,36-21+,40-31+/t35-,37-,38-,39-,41-,42+,43+,45+,46-,47+,48-,50-,51+,55+/m1/s1. The van der Waals surface area contributed by atoms with Crippen LogP contribution in [0, 0.1) is 35.5 Å². The van der Waals surface area contributed by atoms with E-state index in [0.717, 1.165) is 12.0 Å². The zero-order valence-corrected chi connectivity index (χ0v) is 44.5. The predicted octanol–water partition coefficient (Wildman–Crippen LogP) is 7.49. The van der Waals surface area contributed by atoms with Gasteiger partial charge in [0.15, 0.2) is 5.78 Å². The molecular weight excluding hydrogens is 899 g/mol. The van der Waals surface area contributed by atoms with Crippen molar-refractivity contribution < 1.29 is 67.3 Å². The van der Waals surface area contributed by atoms with Gasteiger partial charge in [0.25, 0.3) is 11.7 Å². The second kappa shape index (κ2) is 30.6. The van der Waals surface area contributed by atoms with Gasteiger partial charge < -0.3 is 48.3 Å². The lowest BCUT2D eigenvalue weighted by molar-refractivity contribution is -0.217. The fourth-order valence-electron chi connectivity index (χ4n) is 10.6. The Kier molecular flexibility index (Phi) is 26.6. The molecule has 2 fully saturated rings. The van der Waals surface area contributed by atoms with Gasteiger partial charge in [0.05, 0.1) is 31.5 Å². The maximum atomic E-state index is 14.5. The number of esters is 1. The molecule has 0 aromatic rings. The van der Waals surface area contributed by atoms with Gasteiger partial charge in [-0.1, -0.05) is 83.9 Å². The van der Waals surface area contributed by atoms with Crippen LogP contribution in [0.1, 0.15) is 132 Å². The van der Waals surface area contributed by atoms with Crippen LogP contribution in [0.3, 0.4) is 0 Å². The summed E-state index contributed by atoms with van der Waals surface area (Å²) in [5.41, 5.74) is 1.67. The largest absolute Gasteiger partial charge is 0.460 e. The zero-order chi connectivity index (χ0) is 52.1. The molecular formula is C55H89NO14. The SMILES string of the molecule is CO[C@H]1CCCC[C@@H](C)[C@](O)(OC)C(=O)C(=O)N2CCCC[C@H]2C(=O)O[C@H]([C@H](C)C[C@@H]2CC[C@@H](OCCO)[C@H](OC)C2)CC(=O)[C@H](C)/C=C(\C)[C@@H](OC)[C@@H](OC)C(=O)[C@H](C)C[C@H](C)/C=C/C=C/C=C/1C. The first-order valence-electron chi connectivity index (χ1n) is 25.7. The summed E-state index contributed by atoms with van der Waals surface area (Å²) in [6.45, 7) is 13.4. The molecule has 0 aromatic heterocycles. The zero-order valence-electron chi connectivity index (χ0n) is 44.5. The van der Waals surface area contributed by atoms with E-state index in [1.807, 2.05) is 52.0 Å². The summed E-state index contributed by atoms with van der Waals surface area (Å²) >= 11 is 0. The van der Waals surface area contributed by atoms with Crippen molar-refractivity contribution in [2.75, 3.05) is 55.3 Å². The molecule has 2 N–H and O–H groups in total. The number of ketones is 3. The first kappa shape index (κ1) is 60.9. The minimum absolute atomic E-state index is 0.0809. The Morgan fingerprint density at radius 2 is 1.47 bits per heavy atom. The smallest absolute Gasteiger partial charge is 0.329 e. The minimum Gasteiger partial charge on any atom is -0.460 e. The first-order chi connectivity index (χ1) is 33.3. The molecule has 1 saturated carbocycles. The van der Waals surface area contributed by atoms with Gasteiger partial charge in [-0.3, -0.25) is 19.2 Å². The van der Waals surface area contributed by atoms with Gasteiger partial charge in [-0.15, -0.1) is 0 Å². The van der Waals surface area contributed by atoms with Crippen molar-refractivity contribution in [2.24, 2.45) is 35.5 Å². The number of nitrogens with zero attached hydrogens (tertiary/aromatic N) is 1. The average Bonchev–Trinajstić information content (AvgIpc) is 3.35. The van der Waals surface area contributed by atoms with Crippen molar-refractivity contribution >= 4 is 29.2 Å². The van der Waals surface area contributed by atoms with Crippen LogP contribution in [0.5, 0.6) is 0 Å². The van der Waals surface area contributed by atoms with E-state index >= 15 is 0 Å². The molecule has 0 radical (unpaired) electrons. The molecule has 0 spiro atoms. The molecule has 0 bridgehead atoms. The quantitative estimate of drug-likeness (QED) is 0.0895. The number of amides is 1. The fraction of sp³-hybridized carbons (Fsp3) is 0.764. The Morgan fingerprint density at radius 3 is 2.11 bits per heavy atom. The number of allylic oxidation sites excluding steroid dienone is 6. The highest BCUT2D eigenvalue weighted by Gasteiger charge is 2.49. The van der Waals surface area contributed by atoms with Crippen LogP contribution in [0.4, 0.5) is 0 Å². The monoisotopic (exact) mass is 988 g/mol. The molecule has 1 amide bonds. The molecule has 3 aliphatic rings. The highest BCUT2D eigenvalue weighted by Crippen LogP contribution is 2.36. The number of methoxy groups -OCH3 is 5. The molecule has 1 aliphatic carbocycles. The van der Waals surface area contributed by atoms with Crippen molar-refractivity contribution in [3.05, 3.63) is 47.6 Å². The summed E-state index contributed by atoms with van der Waals surface area (Å²) in [5.74, 6) is -7.51. The van der Waals surface area contributed by atoms with Crippen LogP contribution < -0.4 is 0 Å². The number of rotatable bonds is 11. The number of aliphatic hydroxyl groups is 2. The van der Waals surface area contributed by atoms with E-state index in [2.05, 4.69) is 13.0 Å². The molecule has 3 rings (SSSR count). The van der Waals surface area contributed by atoms with Crippen LogP contribution >= 0.6 is 0 Å². The molecule has 2 heterocycles. The van der Waals surface area contributed by atoms with Crippen LogP contribution in [0.15, 0.2) is 47.6 Å². The van der Waals surface area contributed by atoms with Gasteiger partial charge in [0.2, 0.25) is 5.79 Å². The number of aliphatic hydroxyl groups excluding tert-OH is 1. The highest BCUT2D eigenvalue weighted by atomic mass is 16.6. The van der Waals surface area contributed by atoms with E-state index in [1.165, 1.54) is 26.2 Å². The molecule has 2 aliphatic heterocycles. The Labute approximate surface area is 419 Å². The lowest BCUT2D eigenvalue weighted by Crippen LogP contribution is -2.58. The molecule has 0 unspecified atom stereocenters. The van der Waals surface area contributed by atoms with E-state index in [9.17, 15) is 34.2 Å². The molecule has 70 heavy (non-hydrogen) atoms. The van der Waals surface area contributed by atoms with E-state index < -0.39 is 59.6 Å². The van der Waals surface area contributed by atoms with Gasteiger partial charge in [-0.25, -0.2) is 4.79 Å². The van der Waals surface area contributed by atoms with Gasteiger partial charge in [-0.2, -0.15) is 0 Å². The number of carbonyl (C=O) groups excluding carboxylic acids is 5. The van der Waals surface area contributed by atoms with Crippen molar-refractivity contribution in [3.8, 4) is 0 Å². The third-order valence-corrected chi connectivity index (χ3v) is 15.0. The lowest BCUT2D eigenvalue weighted by atomic mass is 9.78. The van der Waals surface area contributed by atoms with Gasteiger partial charge in [0.1, 0.15) is 30.1 Å². The summed E-state index contributed by atoms with van der Waals surface area (Å²) in [5, 5.41) is 21.1. The molecule has 0 aromatic carbocycles. The number of carbonyl (C=O) groups is 5. The van der Waals surface area contributed by atoms with Crippen LogP contribution in [-0.2, 0) is 57.1 Å². The van der Waals surface area contributed by atoms with Crippen LogP contribution in [0.2, 0.25) is 0 Å². The molecule has 1 saturated heterocycles. The van der Waals surface area contributed by atoms with Gasteiger partial charge in [0, 0.05) is 66.3 Å². The van der Waals surface area contributed by atoms with Gasteiger partial charge >= 0.3 is 5.97 Å². The number of fused-ring (bicyclic) bond motifs is 1. The van der Waals surface area contributed by atoms with E-state index in [4.69, 9.17) is 33.2 Å². The van der Waals surface area contributed by atoms with Crippen LogP contribution in [-0.4, -0.2) is 148 Å². The topological polar surface area (TPSA) is 194 Å². The number of ether oxygens (including phenoxy) is 7. The summed E-state index contributed by atoms with van der Waals surface area (Å²) in [6.07, 6.45) is 15.6. The summed E-state index contributed by atoms with van der Waals surface area (Å²) in [4.78, 5) is 72.2. The number of piperidine rings is 1. The molecule has 14 atom stereocenters. The van der Waals surface area contributed by atoms with Crippen molar-refractivity contribution in [1.82, 2.24) is 4.90 Å². The summed E-state index contributed by atoms with van der Waals surface area (Å²) < 4.78 is 41.0. The van der Waals surface area contributed by atoms with Crippen LogP contribution in [0.25, 0.3) is 0 Å². The normalized spacial score (nSPS) is 36.9. The Morgan fingerprint density at radius 1 is 0.786 bits per heavy atom. The average molecular weight is 988 g/mol.